The zero-order valence-electron chi connectivity index (χ0n) is 23.3. The molecule has 2 heterocycles. The van der Waals surface area contributed by atoms with E-state index in [0.29, 0.717) is 44.1 Å². The molecule has 0 radical (unpaired) electrons. The van der Waals surface area contributed by atoms with Crippen molar-refractivity contribution in [2.24, 2.45) is 7.05 Å². The van der Waals surface area contributed by atoms with Gasteiger partial charge in [-0.1, -0.05) is 55.6 Å². The Bertz CT molecular complexity index is 1340. The smallest absolute Gasteiger partial charge is 0.407 e. The lowest BCUT2D eigenvalue weighted by atomic mass is 10.1. The number of likely N-dealkylation sites (N-methyl/N-ethyl adjacent to an activating group) is 1. The first-order chi connectivity index (χ1) is 18.0. The molecule has 39 heavy (non-hydrogen) atoms. The molecule has 9 nitrogen and oxygen atoms in total. The standard InChI is InChI=1S/C26H34Cl3N5O4Si/c1-15-21(22-20(28)12-30-34(22)6)31-24(32-23(15)29)18-11-16(9-10-19(18)27)37-14-17(13-33(5)25(35)36)38-39(7,8)26(2,3)4/h9-12,17H,13-14H2,1-8H3,(H,35,36)/t17-/m1/s1. The van der Waals surface area contributed by atoms with E-state index in [4.69, 9.17) is 48.9 Å². The number of aromatic nitrogens is 4. The normalized spacial score (nSPS) is 12.9. The van der Waals surface area contributed by atoms with E-state index in [2.05, 4.69) is 43.9 Å². The Kier molecular flexibility index (Phi) is 9.60. The molecule has 212 valence electrons. The zero-order valence-corrected chi connectivity index (χ0v) is 26.6. The van der Waals surface area contributed by atoms with Crippen LogP contribution in [0.15, 0.2) is 24.4 Å². The average molecular weight is 615 g/mol. The van der Waals surface area contributed by atoms with Gasteiger partial charge in [-0.3, -0.25) is 4.68 Å². The number of hydrogen-bond donors (Lipinski definition) is 1. The SMILES string of the molecule is Cc1c(Cl)nc(-c2cc(OC[C@@H](CN(C)C(=O)O)O[Si](C)(C)C(C)(C)C)ccc2Cl)nc1-c1c(Cl)cnn1C. The summed E-state index contributed by atoms with van der Waals surface area (Å²) < 4.78 is 14.2. The highest BCUT2D eigenvalue weighted by Crippen LogP contribution is 2.38. The maximum absolute atomic E-state index is 11.5. The first-order valence-electron chi connectivity index (χ1n) is 12.3. The molecule has 1 amide bonds. The molecule has 0 aliphatic heterocycles. The van der Waals surface area contributed by atoms with Gasteiger partial charge in [0.2, 0.25) is 0 Å². The summed E-state index contributed by atoms with van der Waals surface area (Å²) in [6, 6.07) is 5.14. The quantitative estimate of drug-likeness (QED) is 0.201. The summed E-state index contributed by atoms with van der Waals surface area (Å²) >= 11 is 19.4. The van der Waals surface area contributed by atoms with Gasteiger partial charge in [0.1, 0.15) is 23.2 Å². The zero-order chi connectivity index (χ0) is 29.3. The van der Waals surface area contributed by atoms with Gasteiger partial charge in [0.15, 0.2) is 14.1 Å². The molecule has 3 rings (SSSR count). The number of amides is 1. The third-order valence-electron chi connectivity index (χ3n) is 6.89. The Hall–Kier alpha value is -2.37. The number of aryl methyl sites for hydroxylation is 1. The van der Waals surface area contributed by atoms with Gasteiger partial charge in [-0.15, -0.1) is 0 Å². The number of benzene rings is 1. The van der Waals surface area contributed by atoms with Crippen LogP contribution in [0.25, 0.3) is 22.8 Å². The van der Waals surface area contributed by atoms with Crippen molar-refractivity contribution < 1.29 is 19.1 Å². The molecule has 0 aliphatic rings. The summed E-state index contributed by atoms with van der Waals surface area (Å²) in [7, 11) is 1.07. The molecule has 0 bridgehead atoms. The molecule has 2 aromatic heterocycles. The third-order valence-corrected chi connectivity index (χ3v) is 12.4. The summed E-state index contributed by atoms with van der Waals surface area (Å²) in [6.07, 6.45) is 0.0254. The number of hydrogen-bond acceptors (Lipinski definition) is 6. The van der Waals surface area contributed by atoms with E-state index in [9.17, 15) is 9.90 Å². The molecule has 13 heteroatoms. The van der Waals surface area contributed by atoms with Crippen LogP contribution < -0.4 is 4.74 Å². The monoisotopic (exact) mass is 613 g/mol. The second-order valence-corrected chi connectivity index (χ2v) is 16.8. The number of halogens is 3. The first-order valence-corrected chi connectivity index (χ1v) is 16.3. The van der Waals surface area contributed by atoms with Gasteiger partial charge in [0.25, 0.3) is 0 Å². The Morgan fingerprint density at radius 1 is 1.18 bits per heavy atom. The van der Waals surface area contributed by atoms with Crippen LogP contribution in [0, 0.1) is 6.92 Å². The molecule has 3 aromatic rings. The van der Waals surface area contributed by atoms with Crippen LogP contribution in [-0.2, 0) is 11.5 Å². The van der Waals surface area contributed by atoms with E-state index in [0.717, 1.165) is 0 Å². The van der Waals surface area contributed by atoms with Crippen LogP contribution in [-0.4, -0.2) is 70.5 Å². The van der Waals surface area contributed by atoms with Crippen molar-refractivity contribution in [3.8, 4) is 28.5 Å². The summed E-state index contributed by atoms with van der Waals surface area (Å²) in [6.45, 7) is 12.7. The minimum Gasteiger partial charge on any atom is -0.491 e. The molecule has 1 atom stereocenters. The Labute approximate surface area is 245 Å². The Morgan fingerprint density at radius 3 is 2.41 bits per heavy atom. The van der Waals surface area contributed by atoms with Crippen molar-refractivity contribution in [2.75, 3.05) is 20.2 Å². The van der Waals surface area contributed by atoms with E-state index in [1.807, 2.05) is 6.92 Å². The van der Waals surface area contributed by atoms with Crippen LogP contribution in [0.4, 0.5) is 4.79 Å². The number of rotatable bonds is 9. The number of carboxylic acid groups (broad SMARTS) is 1. The minimum atomic E-state index is -2.21. The van der Waals surface area contributed by atoms with Gasteiger partial charge in [0.05, 0.1) is 34.6 Å². The summed E-state index contributed by atoms with van der Waals surface area (Å²) in [5.74, 6) is 0.796. The summed E-state index contributed by atoms with van der Waals surface area (Å²) in [5, 5.41) is 14.7. The molecule has 0 aliphatic carbocycles. The van der Waals surface area contributed by atoms with Gasteiger partial charge in [-0.05, 0) is 43.3 Å². The van der Waals surface area contributed by atoms with Gasteiger partial charge in [-0.2, -0.15) is 5.10 Å². The van der Waals surface area contributed by atoms with Gasteiger partial charge in [0, 0.05) is 25.2 Å². The number of ether oxygens (including phenoxy) is 1. The lowest BCUT2D eigenvalue weighted by Gasteiger charge is -2.39. The topological polar surface area (TPSA) is 103 Å². The molecule has 0 unspecified atom stereocenters. The molecule has 0 saturated heterocycles. The number of nitrogens with zero attached hydrogens (tertiary/aromatic N) is 5. The summed E-state index contributed by atoms with van der Waals surface area (Å²) in [4.78, 5) is 21.9. The van der Waals surface area contributed by atoms with Crippen LogP contribution in [0.3, 0.4) is 0 Å². The van der Waals surface area contributed by atoms with Crippen molar-refractivity contribution in [3.63, 3.8) is 0 Å². The van der Waals surface area contributed by atoms with Crippen molar-refractivity contribution >= 4 is 49.2 Å². The highest BCUT2D eigenvalue weighted by molar-refractivity contribution is 6.74. The largest absolute Gasteiger partial charge is 0.491 e. The van der Waals surface area contributed by atoms with Crippen LogP contribution in [0.2, 0.25) is 33.3 Å². The molecule has 1 aromatic carbocycles. The molecular formula is C26H34Cl3N5O4Si. The van der Waals surface area contributed by atoms with Crippen LogP contribution in [0.5, 0.6) is 5.75 Å². The second kappa shape index (κ2) is 12.0. The van der Waals surface area contributed by atoms with E-state index in [-0.39, 0.29) is 23.3 Å². The predicted molar refractivity (Wildman–Crippen MR) is 158 cm³/mol. The van der Waals surface area contributed by atoms with E-state index in [1.54, 1.807) is 29.9 Å². The molecule has 0 spiro atoms. The van der Waals surface area contributed by atoms with Crippen molar-refractivity contribution in [1.29, 1.82) is 0 Å². The van der Waals surface area contributed by atoms with Crippen molar-refractivity contribution in [1.82, 2.24) is 24.6 Å². The molecule has 1 N–H and O–H groups in total. The van der Waals surface area contributed by atoms with Gasteiger partial charge in [-0.25, -0.2) is 14.8 Å². The van der Waals surface area contributed by atoms with Gasteiger partial charge < -0.3 is 19.2 Å². The van der Waals surface area contributed by atoms with Crippen molar-refractivity contribution in [2.45, 2.75) is 51.9 Å². The van der Waals surface area contributed by atoms with Crippen LogP contribution >= 0.6 is 34.8 Å². The fourth-order valence-electron chi connectivity index (χ4n) is 3.57. The lowest BCUT2D eigenvalue weighted by molar-refractivity contribution is 0.0794. The lowest BCUT2D eigenvalue weighted by Crippen LogP contribution is -2.49. The van der Waals surface area contributed by atoms with Gasteiger partial charge >= 0.3 is 6.09 Å². The van der Waals surface area contributed by atoms with E-state index < -0.39 is 20.5 Å². The molecular weight excluding hydrogens is 581 g/mol. The highest BCUT2D eigenvalue weighted by Gasteiger charge is 2.39. The maximum Gasteiger partial charge on any atom is 0.407 e. The number of carbonyl (C=O) groups is 1. The molecule has 0 saturated carbocycles. The predicted octanol–water partition coefficient (Wildman–Crippen LogP) is 7.19. The van der Waals surface area contributed by atoms with E-state index in [1.165, 1.54) is 18.1 Å². The minimum absolute atomic E-state index is 0.0585. The average Bonchev–Trinajstić information content (AvgIpc) is 3.16. The fraction of sp³-hybridized carbons (Fsp3) is 0.462. The Morgan fingerprint density at radius 2 is 1.85 bits per heavy atom. The second-order valence-electron chi connectivity index (χ2n) is 10.9. The third kappa shape index (κ3) is 7.23. The van der Waals surface area contributed by atoms with E-state index >= 15 is 0 Å². The maximum atomic E-state index is 11.5. The van der Waals surface area contributed by atoms with Crippen LogP contribution in [0.1, 0.15) is 26.3 Å². The molecule has 0 fully saturated rings. The van der Waals surface area contributed by atoms with Crippen molar-refractivity contribution in [3.05, 3.63) is 45.2 Å². The summed E-state index contributed by atoms with van der Waals surface area (Å²) in [5.41, 5.74) is 2.32. The highest BCUT2D eigenvalue weighted by atomic mass is 35.5. The first kappa shape index (κ1) is 31.2. The Balaban J connectivity index is 1.93. The fourth-order valence-corrected chi connectivity index (χ4v) is 5.53.